The summed E-state index contributed by atoms with van der Waals surface area (Å²) in [6, 6.07) is 7.11. The predicted octanol–water partition coefficient (Wildman–Crippen LogP) is 2.16. The second-order valence-corrected chi connectivity index (χ2v) is 4.43. The van der Waals surface area contributed by atoms with Gasteiger partial charge in [0, 0.05) is 41.3 Å². The van der Waals surface area contributed by atoms with Crippen molar-refractivity contribution in [3.8, 4) is 17.0 Å². The molecule has 0 atom stereocenters. The van der Waals surface area contributed by atoms with Crippen molar-refractivity contribution in [2.24, 2.45) is 7.05 Å². The van der Waals surface area contributed by atoms with E-state index in [1.54, 1.807) is 16.8 Å². The Morgan fingerprint density at radius 3 is 2.78 bits per heavy atom. The van der Waals surface area contributed by atoms with Gasteiger partial charge in [0.25, 0.3) is 0 Å². The number of benzene rings is 1. The van der Waals surface area contributed by atoms with Gasteiger partial charge in [-0.2, -0.15) is 5.10 Å². The van der Waals surface area contributed by atoms with Gasteiger partial charge < -0.3 is 15.8 Å². The van der Waals surface area contributed by atoms with Gasteiger partial charge >= 0.3 is 0 Å². The Morgan fingerprint density at radius 1 is 1.33 bits per heavy atom. The van der Waals surface area contributed by atoms with Crippen LogP contribution in [0, 0.1) is 6.92 Å². The SMILES string of the molecule is Cc1[nH]c2cc(O)ccc2c1-c1cc(N)n(C)n1. The molecule has 0 bridgehead atoms. The molecular weight excluding hydrogens is 228 g/mol. The Kier molecular flexibility index (Phi) is 2.10. The molecule has 0 unspecified atom stereocenters. The summed E-state index contributed by atoms with van der Waals surface area (Å²) in [5.41, 5.74) is 9.58. The van der Waals surface area contributed by atoms with Gasteiger partial charge in [0.1, 0.15) is 11.6 Å². The highest BCUT2D eigenvalue weighted by molar-refractivity contribution is 5.97. The van der Waals surface area contributed by atoms with Gasteiger partial charge in [0.05, 0.1) is 5.69 Å². The van der Waals surface area contributed by atoms with E-state index in [2.05, 4.69) is 10.1 Å². The van der Waals surface area contributed by atoms with Gasteiger partial charge in [-0.3, -0.25) is 4.68 Å². The van der Waals surface area contributed by atoms with E-state index in [0.29, 0.717) is 5.82 Å². The molecule has 0 aliphatic carbocycles. The highest BCUT2D eigenvalue weighted by atomic mass is 16.3. The summed E-state index contributed by atoms with van der Waals surface area (Å²) in [4.78, 5) is 3.25. The van der Waals surface area contributed by atoms with E-state index in [-0.39, 0.29) is 5.75 Å². The van der Waals surface area contributed by atoms with E-state index in [4.69, 9.17) is 5.73 Å². The number of phenolic OH excluding ortho intramolecular Hbond substituents is 1. The molecule has 4 N–H and O–H groups in total. The van der Waals surface area contributed by atoms with Crippen LogP contribution in [0.3, 0.4) is 0 Å². The molecule has 92 valence electrons. The number of aromatic hydroxyl groups is 1. The fraction of sp³-hybridized carbons (Fsp3) is 0.154. The first kappa shape index (κ1) is 10.7. The number of nitrogens with one attached hydrogen (secondary N) is 1. The third kappa shape index (κ3) is 1.44. The lowest BCUT2D eigenvalue weighted by molar-refractivity contribution is 0.476. The van der Waals surface area contributed by atoms with Gasteiger partial charge in [0.15, 0.2) is 0 Å². The number of rotatable bonds is 1. The number of aromatic amines is 1. The number of aromatic nitrogens is 3. The maximum atomic E-state index is 9.49. The van der Waals surface area contributed by atoms with Crippen LogP contribution in [-0.4, -0.2) is 19.9 Å². The molecular formula is C13H14N4O. The number of nitrogens with zero attached hydrogens (tertiary/aromatic N) is 2. The molecule has 3 rings (SSSR count). The molecule has 5 heteroatoms. The highest BCUT2D eigenvalue weighted by Gasteiger charge is 2.14. The van der Waals surface area contributed by atoms with Gasteiger partial charge in [-0.15, -0.1) is 0 Å². The van der Waals surface area contributed by atoms with E-state index in [1.165, 1.54) is 0 Å². The molecule has 0 fully saturated rings. The van der Waals surface area contributed by atoms with Crippen molar-refractivity contribution in [3.63, 3.8) is 0 Å². The van der Waals surface area contributed by atoms with Crippen molar-refractivity contribution < 1.29 is 5.11 Å². The number of hydrogen-bond donors (Lipinski definition) is 3. The Hall–Kier alpha value is -2.43. The normalized spacial score (nSPS) is 11.2. The lowest BCUT2D eigenvalue weighted by Gasteiger charge is -1.96. The molecule has 3 aromatic rings. The molecule has 1 aromatic carbocycles. The fourth-order valence-corrected chi connectivity index (χ4v) is 2.25. The molecule has 0 saturated carbocycles. The van der Waals surface area contributed by atoms with Gasteiger partial charge in [-0.25, -0.2) is 0 Å². The van der Waals surface area contributed by atoms with Crippen molar-refractivity contribution in [2.45, 2.75) is 6.92 Å². The summed E-state index contributed by atoms with van der Waals surface area (Å²) < 4.78 is 1.65. The second kappa shape index (κ2) is 3.53. The molecule has 0 spiro atoms. The van der Waals surface area contributed by atoms with Crippen LogP contribution in [0.15, 0.2) is 24.3 Å². The third-order valence-corrected chi connectivity index (χ3v) is 3.14. The molecule has 0 amide bonds. The summed E-state index contributed by atoms with van der Waals surface area (Å²) in [6.07, 6.45) is 0. The number of nitrogen functional groups attached to an aromatic ring is 1. The lowest BCUT2D eigenvalue weighted by Crippen LogP contribution is -1.96. The maximum absolute atomic E-state index is 9.49. The first-order valence-electron chi connectivity index (χ1n) is 5.67. The van der Waals surface area contributed by atoms with Crippen LogP contribution in [0.1, 0.15) is 5.69 Å². The third-order valence-electron chi connectivity index (χ3n) is 3.14. The van der Waals surface area contributed by atoms with Crippen LogP contribution in [0.4, 0.5) is 5.82 Å². The summed E-state index contributed by atoms with van der Waals surface area (Å²) in [5, 5.41) is 14.9. The van der Waals surface area contributed by atoms with Crippen LogP contribution in [0.2, 0.25) is 0 Å². The van der Waals surface area contributed by atoms with Gasteiger partial charge in [-0.1, -0.05) is 0 Å². The Bertz CT molecular complexity index is 719. The molecule has 0 aliphatic heterocycles. The van der Waals surface area contributed by atoms with Crippen molar-refractivity contribution in [3.05, 3.63) is 30.0 Å². The maximum Gasteiger partial charge on any atom is 0.121 e. The Morgan fingerprint density at radius 2 is 2.11 bits per heavy atom. The van der Waals surface area contributed by atoms with E-state index >= 15 is 0 Å². The van der Waals surface area contributed by atoms with Crippen molar-refractivity contribution in [1.29, 1.82) is 0 Å². The quantitative estimate of drug-likeness (QED) is 0.611. The minimum absolute atomic E-state index is 0.246. The molecule has 5 nitrogen and oxygen atoms in total. The minimum Gasteiger partial charge on any atom is -0.508 e. The van der Waals surface area contributed by atoms with Crippen LogP contribution in [0.25, 0.3) is 22.2 Å². The predicted molar refractivity (Wildman–Crippen MR) is 71.3 cm³/mol. The standard InChI is InChI=1S/C13H14N4O/c1-7-13(11-6-12(14)17(2)16-11)9-4-3-8(18)5-10(9)15-7/h3-6,15,18H,14H2,1-2H3. The van der Waals surface area contributed by atoms with Crippen molar-refractivity contribution in [2.75, 3.05) is 5.73 Å². The topological polar surface area (TPSA) is 79.9 Å². The Labute approximate surface area is 104 Å². The molecule has 0 saturated heterocycles. The average molecular weight is 242 g/mol. The van der Waals surface area contributed by atoms with Crippen LogP contribution >= 0.6 is 0 Å². The zero-order chi connectivity index (χ0) is 12.9. The zero-order valence-corrected chi connectivity index (χ0v) is 10.2. The summed E-state index contributed by atoms with van der Waals surface area (Å²) >= 11 is 0. The van der Waals surface area contributed by atoms with E-state index in [9.17, 15) is 5.11 Å². The van der Waals surface area contributed by atoms with Gasteiger partial charge in [0.2, 0.25) is 0 Å². The van der Waals surface area contributed by atoms with Gasteiger partial charge in [-0.05, 0) is 19.1 Å². The number of fused-ring (bicyclic) bond motifs is 1. The first-order valence-corrected chi connectivity index (χ1v) is 5.67. The van der Waals surface area contributed by atoms with Crippen molar-refractivity contribution in [1.82, 2.24) is 14.8 Å². The largest absolute Gasteiger partial charge is 0.508 e. The number of aryl methyl sites for hydroxylation is 2. The molecule has 18 heavy (non-hydrogen) atoms. The number of hydrogen-bond acceptors (Lipinski definition) is 3. The molecule has 2 heterocycles. The lowest BCUT2D eigenvalue weighted by atomic mass is 10.1. The Balaban J connectivity index is 2.31. The second-order valence-electron chi connectivity index (χ2n) is 4.43. The fourth-order valence-electron chi connectivity index (χ4n) is 2.25. The van der Waals surface area contributed by atoms with E-state index in [1.807, 2.05) is 26.1 Å². The summed E-state index contributed by atoms with van der Waals surface area (Å²) in [6.45, 7) is 1.98. The smallest absolute Gasteiger partial charge is 0.121 e. The van der Waals surface area contributed by atoms with E-state index < -0.39 is 0 Å². The number of nitrogens with two attached hydrogens (primary N) is 1. The minimum atomic E-state index is 0.246. The number of phenols is 1. The highest BCUT2D eigenvalue weighted by Crippen LogP contribution is 2.33. The van der Waals surface area contributed by atoms with Crippen LogP contribution in [0.5, 0.6) is 5.75 Å². The summed E-state index contributed by atoms with van der Waals surface area (Å²) in [5.74, 6) is 0.869. The number of anilines is 1. The summed E-state index contributed by atoms with van der Waals surface area (Å²) in [7, 11) is 1.81. The van der Waals surface area contributed by atoms with Crippen LogP contribution < -0.4 is 5.73 Å². The molecule has 2 aromatic heterocycles. The first-order chi connectivity index (χ1) is 8.56. The van der Waals surface area contributed by atoms with Crippen LogP contribution in [-0.2, 0) is 7.05 Å². The monoisotopic (exact) mass is 242 g/mol. The molecule has 0 radical (unpaired) electrons. The van der Waals surface area contributed by atoms with E-state index in [0.717, 1.165) is 27.9 Å². The zero-order valence-electron chi connectivity index (χ0n) is 10.2. The molecule has 0 aliphatic rings. The van der Waals surface area contributed by atoms with Crippen molar-refractivity contribution >= 4 is 16.7 Å². The average Bonchev–Trinajstić information content (AvgIpc) is 2.78. The number of H-pyrrole nitrogens is 1.